The van der Waals surface area contributed by atoms with Crippen LogP contribution in [0.25, 0.3) is 0 Å². The van der Waals surface area contributed by atoms with E-state index in [9.17, 15) is 8.42 Å². The quantitative estimate of drug-likeness (QED) is 0.843. The van der Waals surface area contributed by atoms with E-state index in [1.54, 1.807) is 10.4 Å². The lowest BCUT2D eigenvalue weighted by molar-refractivity contribution is 0.290. The van der Waals surface area contributed by atoms with Crippen molar-refractivity contribution in [1.29, 1.82) is 0 Å². The molecule has 1 fully saturated rings. The lowest BCUT2D eigenvalue weighted by Crippen LogP contribution is -2.42. The van der Waals surface area contributed by atoms with Crippen LogP contribution in [0.4, 0.5) is 5.69 Å². The molecule has 118 valence electrons. The van der Waals surface area contributed by atoms with Gasteiger partial charge >= 0.3 is 0 Å². The van der Waals surface area contributed by atoms with Crippen molar-refractivity contribution in [2.75, 3.05) is 32.4 Å². The van der Waals surface area contributed by atoms with Crippen LogP contribution in [0.5, 0.6) is 0 Å². The summed E-state index contributed by atoms with van der Waals surface area (Å²) < 4.78 is 27.7. The maximum atomic E-state index is 13.0. The van der Waals surface area contributed by atoms with Crippen LogP contribution < -0.4 is 5.73 Å². The number of benzene rings is 1. The number of nitrogen functional groups attached to an aromatic ring is 1. The molecule has 1 aromatic carbocycles. The van der Waals surface area contributed by atoms with E-state index in [-0.39, 0.29) is 6.04 Å². The monoisotopic (exact) mass is 311 g/mol. The summed E-state index contributed by atoms with van der Waals surface area (Å²) in [6.45, 7) is 7.93. The van der Waals surface area contributed by atoms with Crippen molar-refractivity contribution in [2.24, 2.45) is 0 Å². The Hall–Kier alpha value is -1.11. The summed E-state index contributed by atoms with van der Waals surface area (Å²) in [7, 11) is -1.48. The van der Waals surface area contributed by atoms with Crippen LogP contribution in [0.3, 0.4) is 0 Å². The molecule has 0 aromatic heterocycles. The van der Waals surface area contributed by atoms with Gasteiger partial charge in [-0.25, -0.2) is 8.42 Å². The second-order valence-electron chi connectivity index (χ2n) is 6.04. The highest BCUT2D eigenvalue weighted by molar-refractivity contribution is 7.89. The van der Waals surface area contributed by atoms with Gasteiger partial charge in [-0.3, -0.25) is 0 Å². The molecule has 1 unspecified atom stereocenters. The summed E-state index contributed by atoms with van der Waals surface area (Å²) >= 11 is 0. The molecule has 1 saturated heterocycles. The minimum atomic E-state index is -3.51. The van der Waals surface area contributed by atoms with E-state index in [1.165, 1.54) is 0 Å². The smallest absolute Gasteiger partial charge is 0.243 e. The maximum Gasteiger partial charge on any atom is 0.243 e. The summed E-state index contributed by atoms with van der Waals surface area (Å²) in [6, 6.07) is 3.36. The zero-order valence-electron chi connectivity index (χ0n) is 13.3. The van der Waals surface area contributed by atoms with Gasteiger partial charge in [0.1, 0.15) is 0 Å². The zero-order chi connectivity index (χ0) is 15.8. The number of hydrogen-bond acceptors (Lipinski definition) is 4. The molecule has 1 heterocycles. The number of nitrogens with two attached hydrogens (primary N) is 1. The zero-order valence-corrected chi connectivity index (χ0v) is 14.1. The van der Waals surface area contributed by atoms with Gasteiger partial charge in [0.2, 0.25) is 10.0 Å². The number of likely N-dealkylation sites (N-methyl/N-ethyl adjacent to an activating group) is 1. The Bertz CT molecular complexity index is 628. The second kappa shape index (κ2) is 5.94. The average Bonchev–Trinajstić information content (AvgIpc) is 2.54. The molecule has 0 saturated carbocycles. The molecule has 21 heavy (non-hydrogen) atoms. The standard InChI is InChI=1S/C15H25N3O2S/c1-11-8-14(16)9-15(13(11)3)21(19,20)18-7-5-6-17(4)10-12(18)2/h8-9,12H,5-7,10,16H2,1-4H3. The molecule has 1 aromatic rings. The predicted molar refractivity (Wildman–Crippen MR) is 85.8 cm³/mol. The van der Waals surface area contributed by atoms with Crippen molar-refractivity contribution in [3.8, 4) is 0 Å². The molecule has 0 amide bonds. The van der Waals surface area contributed by atoms with Gasteiger partial charge in [-0.15, -0.1) is 0 Å². The molecule has 1 aliphatic rings. The molecule has 0 aliphatic carbocycles. The van der Waals surface area contributed by atoms with Gasteiger partial charge < -0.3 is 10.6 Å². The molecule has 6 heteroatoms. The first kappa shape index (κ1) is 16.3. The third-order valence-corrected chi connectivity index (χ3v) is 6.35. The Kier molecular flexibility index (Phi) is 4.60. The number of anilines is 1. The van der Waals surface area contributed by atoms with Crippen molar-refractivity contribution in [2.45, 2.75) is 38.1 Å². The second-order valence-corrected chi connectivity index (χ2v) is 7.90. The van der Waals surface area contributed by atoms with E-state index in [0.717, 1.165) is 30.6 Å². The normalized spacial score (nSPS) is 22.2. The number of nitrogens with zero attached hydrogens (tertiary/aromatic N) is 2. The van der Waals surface area contributed by atoms with Crippen LogP contribution in [0.1, 0.15) is 24.5 Å². The largest absolute Gasteiger partial charge is 0.399 e. The van der Waals surface area contributed by atoms with E-state index in [1.807, 2.05) is 33.9 Å². The summed E-state index contributed by atoms with van der Waals surface area (Å²) in [5.74, 6) is 0. The molecule has 2 N–H and O–H groups in total. The molecule has 0 bridgehead atoms. The minimum absolute atomic E-state index is 0.0383. The fraction of sp³-hybridized carbons (Fsp3) is 0.600. The number of rotatable bonds is 2. The first-order valence-electron chi connectivity index (χ1n) is 7.30. The first-order chi connectivity index (χ1) is 9.73. The molecule has 5 nitrogen and oxygen atoms in total. The fourth-order valence-corrected chi connectivity index (χ4v) is 4.95. The van der Waals surface area contributed by atoms with Crippen molar-refractivity contribution in [3.05, 3.63) is 23.3 Å². The maximum absolute atomic E-state index is 13.0. The molecule has 0 radical (unpaired) electrons. The van der Waals surface area contributed by atoms with Gasteiger partial charge in [0.05, 0.1) is 4.90 Å². The third kappa shape index (κ3) is 3.22. The van der Waals surface area contributed by atoms with E-state index >= 15 is 0 Å². The number of aryl methyl sites for hydroxylation is 1. The molecular formula is C15H25N3O2S. The van der Waals surface area contributed by atoms with Crippen LogP contribution in [0.15, 0.2) is 17.0 Å². The predicted octanol–water partition coefficient (Wildman–Crippen LogP) is 1.60. The van der Waals surface area contributed by atoms with E-state index < -0.39 is 10.0 Å². The van der Waals surface area contributed by atoms with Crippen LogP contribution in [-0.4, -0.2) is 50.3 Å². The van der Waals surface area contributed by atoms with E-state index in [0.29, 0.717) is 17.1 Å². The fourth-order valence-electron chi connectivity index (χ4n) is 2.96. The lowest BCUT2D eigenvalue weighted by atomic mass is 10.1. The molecule has 2 rings (SSSR count). The van der Waals surface area contributed by atoms with Crippen molar-refractivity contribution >= 4 is 15.7 Å². The van der Waals surface area contributed by atoms with Crippen molar-refractivity contribution in [3.63, 3.8) is 0 Å². The van der Waals surface area contributed by atoms with Gasteiger partial charge in [-0.2, -0.15) is 4.31 Å². The summed E-state index contributed by atoms with van der Waals surface area (Å²) in [5, 5.41) is 0. The Morgan fingerprint density at radius 2 is 1.90 bits per heavy atom. The third-order valence-electron chi connectivity index (χ3n) is 4.21. The van der Waals surface area contributed by atoms with Gasteiger partial charge in [0.25, 0.3) is 0 Å². The Balaban J connectivity index is 2.46. The Labute approximate surface area is 127 Å². The van der Waals surface area contributed by atoms with Crippen molar-refractivity contribution in [1.82, 2.24) is 9.21 Å². The van der Waals surface area contributed by atoms with Gasteiger partial charge in [0, 0.05) is 24.8 Å². The summed E-state index contributed by atoms with van der Waals surface area (Å²) in [6.07, 6.45) is 0.848. The minimum Gasteiger partial charge on any atom is -0.399 e. The van der Waals surface area contributed by atoms with Gasteiger partial charge in [-0.05, 0) is 64.0 Å². The molecule has 0 spiro atoms. The van der Waals surface area contributed by atoms with Crippen LogP contribution in [-0.2, 0) is 10.0 Å². The van der Waals surface area contributed by atoms with Crippen LogP contribution in [0.2, 0.25) is 0 Å². The highest BCUT2D eigenvalue weighted by Gasteiger charge is 2.32. The average molecular weight is 311 g/mol. The molecule has 1 atom stereocenters. The highest BCUT2D eigenvalue weighted by Crippen LogP contribution is 2.27. The number of hydrogen-bond donors (Lipinski definition) is 1. The van der Waals surface area contributed by atoms with E-state index in [4.69, 9.17) is 5.73 Å². The van der Waals surface area contributed by atoms with Gasteiger partial charge in [-0.1, -0.05) is 0 Å². The summed E-state index contributed by atoms with van der Waals surface area (Å²) in [4.78, 5) is 2.52. The van der Waals surface area contributed by atoms with Gasteiger partial charge in [0.15, 0.2) is 0 Å². The first-order valence-corrected chi connectivity index (χ1v) is 8.74. The topological polar surface area (TPSA) is 66.6 Å². The SMILES string of the molecule is Cc1cc(N)cc(S(=O)(=O)N2CCCN(C)CC2C)c1C. The van der Waals surface area contributed by atoms with Crippen LogP contribution in [0, 0.1) is 13.8 Å². The molecule has 1 aliphatic heterocycles. The lowest BCUT2D eigenvalue weighted by Gasteiger charge is -2.28. The Morgan fingerprint density at radius 3 is 2.57 bits per heavy atom. The number of sulfonamides is 1. The summed E-state index contributed by atoms with van der Waals surface area (Å²) in [5.41, 5.74) is 8.04. The highest BCUT2D eigenvalue weighted by atomic mass is 32.2. The molecular weight excluding hydrogens is 286 g/mol. The van der Waals surface area contributed by atoms with E-state index in [2.05, 4.69) is 4.90 Å². The van der Waals surface area contributed by atoms with Crippen molar-refractivity contribution < 1.29 is 8.42 Å². The Morgan fingerprint density at radius 1 is 1.24 bits per heavy atom. The van der Waals surface area contributed by atoms with Crippen LogP contribution >= 0.6 is 0 Å².